The fourth-order valence-corrected chi connectivity index (χ4v) is 1.88. The topological polar surface area (TPSA) is 63.6 Å². The Balaban J connectivity index is 0.000000188. The van der Waals surface area contributed by atoms with Crippen LogP contribution in [0.15, 0.2) is 55.1 Å². The molecule has 0 bridgehead atoms. The molecule has 0 aliphatic carbocycles. The van der Waals surface area contributed by atoms with Crippen LogP contribution in [0.3, 0.4) is 0 Å². The summed E-state index contributed by atoms with van der Waals surface area (Å²) in [4.78, 5) is 15.3. The molecule has 0 radical (unpaired) electrons. The molecule has 0 aliphatic rings. The maximum atomic E-state index is 5.70. The van der Waals surface area contributed by atoms with E-state index in [0.29, 0.717) is 21.3 Å². The number of anilines is 2. The first-order chi connectivity index (χ1) is 10.6. The molecule has 0 amide bonds. The Morgan fingerprint density at radius 2 is 1.23 bits per heavy atom. The second-order valence-corrected chi connectivity index (χ2v) is 5.04. The largest absolute Gasteiger partial charge is 0.339 e. The van der Waals surface area contributed by atoms with Gasteiger partial charge in [0.05, 0.1) is 24.8 Å². The molecular formula is C14H10Cl3N5. The number of nitrogens with zero attached hydrogens (tertiary/aromatic N) is 4. The van der Waals surface area contributed by atoms with Crippen molar-refractivity contribution in [3.8, 4) is 0 Å². The molecule has 3 aromatic rings. The number of hydrogen-bond acceptors (Lipinski definition) is 5. The van der Waals surface area contributed by atoms with Gasteiger partial charge in [0.25, 0.3) is 0 Å². The zero-order chi connectivity index (χ0) is 15.8. The van der Waals surface area contributed by atoms with Gasteiger partial charge in [0.1, 0.15) is 15.5 Å². The lowest BCUT2D eigenvalue weighted by atomic mass is 10.3. The van der Waals surface area contributed by atoms with Crippen molar-refractivity contribution in [1.29, 1.82) is 0 Å². The Hall–Kier alpha value is -1.95. The third-order valence-corrected chi connectivity index (χ3v) is 2.77. The quantitative estimate of drug-likeness (QED) is 0.725. The maximum absolute atomic E-state index is 5.70. The van der Waals surface area contributed by atoms with Crippen molar-refractivity contribution < 1.29 is 0 Å². The molecule has 0 unspecified atom stereocenters. The second kappa shape index (κ2) is 8.48. The summed E-state index contributed by atoms with van der Waals surface area (Å²) in [5.74, 6) is 0.642. The molecule has 3 rings (SSSR count). The van der Waals surface area contributed by atoms with E-state index in [2.05, 4.69) is 25.3 Å². The molecule has 0 fully saturated rings. The maximum Gasteiger partial charge on any atom is 0.150 e. The number of nitrogens with one attached hydrogen (secondary N) is 1. The van der Waals surface area contributed by atoms with Crippen LogP contribution in [0, 0.1) is 0 Å². The van der Waals surface area contributed by atoms with Crippen LogP contribution in [-0.4, -0.2) is 19.9 Å². The van der Waals surface area contributed by atoms with Gasteiger partial charge in [-0.1, -0.05) is 53.0 Å². The molecule has 1 N–H and O–H groups in total. The molecule has 0 saturated carbocycles. The molecule has 8 heteroatoms. The highest BCUT2D eigenvalue weighted by atomic mass is 35.5. The van der Waals surface area contributed by atoms with E-state index in [1.54, 1.807) is 6.20 Å². The fraction of sp³-hybridized carbons (Fsp3) is 0. The monoisotopic (exact) mass is 353 g/mol. The minimum absolute atomic E-state index is 0.317. The predicted octanol–water partition coefficient (Wildman–Crippen LogP) is 4.66. The molecule has 0 aliphatic heterocycles. The SMILES string of the molecule is Clc1cncc(Cl)n1.Clc1cncc(Nc2ccccc2)n1. The lowest BCUT2D eigenvalue weighted by Gasteiger charge is -2.03. The highest BCUT2D eigenvalue weighted by Gasteiger charge is 1.96. The van der Waals surface area contributed by atoms with Gasteiger partial charge in [-0.05, 0) is 12.1 Å². The van der Waals surface area contributed by atoms with Crippen LogP contribution < -0.4 is 5.32 Å². The number of benzene rings is 1. The van der Waals surface area contributed by atoms with Gasteiger partial charge in [0.2, 0.25) is 0 Å². The van der Waals surface area contributed by atoms with Crippen LogP contribution in [0.1, 0.15) is 0 Å². The van der Waals surface area contributed by atoms with Crippen molar-refractivity contribution in [2.24, 2.45) is 0 Å². The summed E-state index contributed by atoms with van der Waals surface area (Å²) in [6.45, 7) is 0. The Labute approximate surface area is 142 Å². The molecule has 0 spiro atoms. The third kappa shape index (κ3) is 5.81. The van der Waals surface area contributed by atoms with E-state index in [0.717, 1.165) is 5.69 Å². The van der Waals surface area contributed by atoms with Gasteiger partial charge < -0.3 is 5.32 Å². The van der Waals surface area contributed by atoms with E-state index in [-0.39, 0.29) is 0 Å². The Morgan fingerprint density at radius 1 is 0.682 bits per heavy atom. The molecule has 22 heavy (non-hydrogen) atoms. The number of rotatable bonds is 2. The van der Waals surface area contributed by atoms with E-state index in [9.17, 15) is 0 Å². The van der Waals surface area contributed by atoms with Gasteiger partial charge in [0.15, 0.2) is 5.82 Å². The van der Waals surface area contributed by atoms with E-state index in [4.69, 9.17) is 34.8 Å². The predicted molar refractivity (Wildman–Crippen MR) is 88.8 cm³/mol. The lowest BCUT2D eigenvalue weighted by molar-refractivity contribution is 1.20. The molecule has 0 atom stereocenters. The van der Waals surface area contributed by atoms with Crippen LogP contribution in [0.25, 0.3) is 0 Å². The standard InChI is InChI=1S/C10H8ClN3.C4H2Cl2N2/c11-9-6-12-7-10(14-9)13-8-4-2-1-3-5-8;5-3-1-7-2-4(6)8-3/h1-7H,(H,13,14);1-2H. The van der Waals surface area contributed by atoms with Crippen LogP contribution >= 0.6 is 34.8 Å². The van der Waals surface area contributed by atoms with Crippen LogP contribution in [0.4, 0.5) is 11.5 Å². The summed E-state index contributed by atoms with van der Waals surface area (Å²) in [7, 11) is 0. The summed E-state index contributed by atoms with van der Waals surface area (Å²) in [5.41, 5.74) is 0.962. The first-order valence-corrected chi connectivity index (χ1v) is 7.19. The van der Waals surface area contributed by atoms with Gasteiger partial charge in [0, 0.05) is 5.69 Å². The molecular weight excluding hydrogens is 345 g/mol. The smallest absolute Gasteiger partial charge is 0.150 e. The molecule has 1 aromatic carbocycles. The minimum atomic E-state index is 0.317. The molecule has 2 aromatic heterocycles. The van der Waals surface area contributed by atoms with Crippen LogP contribution in [0.5, 0.6) is 0 Å². The van der Waals surface area contributed by atoms with Gasteiger partial charge in [-0.3, -0.25) is 9.97 Å². The van der Waals surface area contributed by atoms with Gasteiger partial charge >= 0.3 is 0 Å². The Kier molecular flexibility index (Phi) is 6.33. The molecule has 112 valence electrons. The second-order valence-electron chi connectivity index (χ2n) is 3.88. The molecule has 0 saturated heterocycles. The van der Waals surface area contributed by atoms with Crippen molar-refractivity contribution in [3.63, 3.8) is 0 Å². The van der Waals surface area contributed by atoms with E-state index in [1.165, 1.54) is 18.6 Å². The highest BCUT2D eigenvalue weighted by Crippen LogP contribution is 2.14. The average Bonchev–Trinajstić information content (AvgIpc) is 2.49. The lowest BCUT2D eigenvalue weighted by Crippen LogP contribution is -1.93. The fourth-order valence-electron chi connectivity index (χ4n) is 1.39. The summed E-state index contributed by atoms with van der Waals surface area (Å²) in [6.07, 6.45) is 5.97. The molecule has 2 heterocycles. The zero-order valence-electron chi connectivity index (χ0n) is 11.1. The first-order valence-electron chi connectivity index (χ1n) is 6.06. The number of aromatic nitrogens is 4. The van der Waals surface area contributed by atoms with Crippen molar-refractivity contribution in [2.45, 2.75) is 0 Å². The number of hydrogen-bond donors (Lipinski definition) is 1. The average molecular weight is 355 g/mol. The normalized spacial score (nSPS) is 9.59. The van der Waals surface area contributed by atoms with Crippen molar-refractivity contribution in [3.05, 3.63) is 70.6 Å². The summed E-state index contributed by atoms with van der Waals surface area (Å²) < 4.78 is 0. The van der Waals surface area contributed by atoms with E-state index in [1.807, 2.05) is 30.3 Å². The van der Waals surface area contributed by atoms with Crippen LogP contribution in [-0.2, 0) is 0 Å². The third-order valence-electron chi connectivity index (χ3n) is 2.23. The van der Waals surface area contributed by atoms with Gasteiger partial charge in [-0.25, -0.2) is 9.97 Å². The zero-order valence-corrected chi connectivity index (χ0v) is 13.4. The van der Waals surface area contributed by atoms with Crippen molar-refractivity contribution in [2.75, 3.05) is 5.32 Å². The van der Waals surface area contributed by atoms with Gasteiger partial charge in [-0.15, -0.1) is 0 Å². The summed E-state index contributed by atoms with van der Waals surface area (Å²) in [6, 6.07) is 9.74. The van der Waals surface area contributed by atoms with Gasteiger partial charge in [-0.2, -0.15) is 0 Å². The Morgan fingerprint density at radius 3 is 1.73 bits per heavy atom. The summed E-state index contributed by atoms with van der Waals surface area (Å²) >= 11 is 16.5. The van der Waals surface area contributed by atoms with Crippen molar-refractivity contribution >= 4 is 46.3 Å². The van der Waals surface area contributed by atoms with E-state index < -0.39 is 0 Å². The van der Waals surface area contributed by atoms with Crippen molar-refractivity contribution in [1.82, 2.24) is 19.9 Å². The minimum Gasteiger partial charge on any atom is -0.339 e. The number of para-hydroxylation sites is 1. The van der Waals surface area contributed by atoms with Crippen LogP contribution in [0.2, 0.25) is 15.5 Å². The summed E-state index contributed by atoms with van der Waals surface area (Å²) in [5, 5.41) is 4.10. The Bertz CT molecular complexity index is 707. The molecule has 5 nitrogen and oxygen atoms in total. The highest BCUT2D eigenvalue weighted by molar-refractivity contribution is 6.32. The first kappa shape index (κ1) is 16.4. The number of halogens is 3. The van der Waals surface area contributed by atoms with E-state index >= 15 is 0 Å².